The van der Waals surface area contributed by atoms with Gasteiger partial charge in [-0.2, -0.15) is 0 Å². The average Bonchev–Trinajstić information content (AvgIpc) is 2.91. The molecule has 7 nitrogen and oxygen atoms in total. The number of hydrogen-bond donors (Lipinski definition) is 1. The SMILES string of the molecule is CC[C@@H](C)NC(=O)[C@@H](Cc1ccccc1)N(Cc1ccccc1C)C(=O)CN(c1cc(Cl)ccc1C)S(C)(=O)=O. The lowest BCUT2D eigenvalue weighted by Gasteiger charge is -2.34. The lowest BCUT2D eigenvalue weighted by atomic mass is 10.0. The molecule has 0 aliphatic rings. The first kappa shape index (κ1) is 31.2. The minimum atomic E-state index is -3.87. The molecule has 0 fully saturated rings. The standard InChI is InChI=1S/C31H38ClN3O4S/c1-6-24(4)33-31(37)29(18-25-13-8-7-9-14-25)34(20-26-15-11-10-12-22(26)2)30(36)21-35(40(5,38)39)28-19-27(32)17-16-23(28)3/h7-17,19,24,29H,6,18,20-21H2,1-5H3,(H,33,37)/t24-,29-/m1/s1. The summed E-state index contributed by atoms with van der Waals surface area (Å²) in [5.41, 5.74) is 3.70. The molecular formula is C31H38ClN3O4S. The number of nitrogens with one attached hydrogen (secondary N) is 1. The maximum Gasteiger partial charge on any atom is 0.244 e. The fourth-order valence-corrected chi connectivity index (χ4v) is 5.48. The van der Waals surface area contributed by atoms with Crippen molar-refractivity contribution in [1.82, 2.24) is 10.2 Å². The summed E-state index contributed by atoms with van der Waals surface area (Å²) < 4.78 is 27.0. The van der Waals surface area contributed by atoms with Crippen LogP contribution in [-0.4, -0.2) is 50.0 Å². The Bertz CT molecular complexity index is 1430. The number of rotatable bonds is 12. The molecule has 0 bridgehead atoms. The molecule has 3 aromatic carbocycles. The first-order chi connectivity index (χ1) is 18.9. The summed E-state index contributed by atoms with van der Waals surface area (Å²) in [6, 6.07) is 21.1. The highest BCUT2D eigenvalue weighted by Gasteiger charge is 2.34. The summed E-state index contributed by atoms with van der Waals surface area (Å²) in [6.45, 7) is 7.26. The lowest BCUT2D eigenvalue weighted by Crippen LogP contribution is -2.54. The van der Waals surface area contributed by atoms with Crippen LogP contribution >= 0.6 is 11.6 Å². The van der Waals surface area contributed by atoms with Crippen molar-refractivity contribution in [2.24, 2.45) is 0 Å². The second-order valence-electron chi connectivity index (χ2n) is 10.2. The normalized spacial score (nSPS) is 12.8. The van der Waals surface area contributed by atoms with Gasteiger partial charge in [-0.25, -0.2) is 8.42 Å². The fraction of sp³-hybridized carbons (Fsp3) is 0.355. The van der Waals surface area contributed by atoms with Gasteiger partial charge in [0.2, 0.25) is 21.8 Å². The lowest BCUT2D eigenvalue weighted by molar-refractivity contribution is -0.140. The number of halogens is 1. The summed E-state index contributed by atoms with van der Waals surface area (Å²) >= 11 is 6.21. The third kappa shape index (κ3) is 8.32. The molecule has 1 N–H and O–H groups in total. The first-order valence-electron chi connectivity index (χ1n) is 13.3. The highest BCUT2D eigenvalue weighted by molar-refractivity contribution is 7.92. The molecule has 40 heavy (non-hydrogen) atoms. The molecule has 0 saturated carbocycles. The zero-order chi connectivity index (χ0) is 29.4. The van der Waals surface area contributed by atoms with E-state index in [1.165, 1.54) is 11.0 Å². The highest BCUT2D eigenvalue weighted by atomic mass is 35.5. The zero-order valence-corrected chi connectivity index (χ0v) is 25.3. The van der Waals surface area contributed by atoms with Crippen LogP contribution in [0, 0.1) is 13.8 Å². The predicted molar refractivity (Wildman–Crippen MR) is 162 cm³/mol. The van der Waals surface area contributed by atoms with E-state index in [1.54, 1.807) is 19.1 Å². The van der Waals surface area contributed by atoms with Crippen molar-refractivity contribution in [1.29, 1.82) is 0 Å². The minimum Gasteiger partial charge on any atom is -0.352 e. The first-order valence-corrected chi connectivity index (χ1v) is 15.6. The van der Waals surface area contributed by atoms with E-state index in [0.717, 1.165) is 33.7 Å². The molecule has 0 radical (unpaired) electrons. The van der Waals surface area contributed by atoms with Crippen molar-refractivity contribution < 1.29 is 18.0 Å². The molecule has 214 valence electrons. The number of anilines is 1. The molecular weight excluding hydrogens is 546 g/mol. The third-order valence-corrected chi connectivity index (χ3v) is 8.35. The van der Waals surface area contributed by atoms with E-state index in [-0.39, 0.29) is 24.9 Å². The monoisotopic (exact) mass is 583 g/mol. The number of hydrogen-bond acceptors (Lipinski definition) is 4. The molecule has 3 aromatic rings. The summed E-state index contributed by atoms with van der Waals surface area (Å²) in [4.78, 5) is 29.4. The predicted octanol–water partition coefficient (Wildman–Crippen LogP) is 5.28. The van der Waals surface area contributed by atoms with E-state index >= 15 is 0 Å². The van der Waals surface area contributed by atoms with Crippen LogP contribution in [0.2, 0.25) is 5.02 Å². The highest BCUT2D eigenvalue weighted by Crippen LogP contribution is 2.27. The third-order valence-electron chi connectivity index (χ3n) is 6.99. The number of nitrogens with zero attached hydrogens (tertiary/aromatic N) is 2. The van der Waals surface area contributed by atoms with Crippen molar-refractivity contribution >= 4 is 39.1 Å². The quantitative estimate of drug-likeness (QED) is 0.314. The van der Waals surface area contributed by atoms with Crippen molar-refractivity contribution in [3.63, 3.8) is 0 Å². The van der Waals surface area contributed by atoms with Gasteiger partial charge in [-0.05, 0) is 61.6 Å². The van der Waals surface area contributed by atoms with Crippen molar-refractivity contribution in [3.05, 3.63) is 100 Å². The topological polar surface area (TPSA) is 86.8 Å². The molecule has 3 rings (SSSR count). The zero-order valence-electron chi connectivity index (χ0n) is 23.7. The minimum absolute atomic E-state index is 0.0946. The van der Waals surface area contributed by atoms with Crippen LogP contribution in [0.1, 0.15) is 42.5 Å². The van der Waals surface area contributed by atoms with Crippen LogP contribution in [0.15, 0.2) is 72.8 Å². The van der Waals surface area contributed by atoms with Crippen molar-refractivity contribution in [3.8, 4) is 0 Å². The van der Waals surface area contributed by atoms with Gasteiger partial charge in [0.1, 0.15) is 12.6 Å². The van der Waals surface area contributed by atoms with Gasteiger partial charge in [-0.1, -0.05) is 79.2 Å². The Morgan fingerprint density at radius 3 is 2.23 bits per heavy atom. The fourth-order valence-electron chi connectivity index (χ4n) is 4.41. The Hall–Kier alpha value is -3.36. The summed E-state index contributed by atoms with van der Waals surface area (Å²) in [5, 5.41) is 3.39. The van der Waals surface area contributed by atoms with Gasteiger partial charge in [0.05, 0.1) is 11.9 Å². The number of sulfonamides is 1. The average molecular weight is 584 g/mol. The molecule has 2 atom stereocenters. The number of aryl methyl sites for hydroxylation is 2. The Labute approximate surface area is 243 Å². The van der Waals surface area contributed by atoms with E-state index in [9.17, 15) is 18.0 Å². The molecule has 9 heteroatoms. The van der Waals surface area contributed by atoms with E-state index in [0.29, 0.717) is 16.3 Å². The molecule has 0 aliphatic heterocycles. The molecule has 0 unspecified atom stereocenters. The number of carbonyl (C=O) groups excluding carboxylic acids is 2. The summed E-state index contributed by atoms with van der Waals surface area (Å²) in [5.74, 6) is -0.779. The molecule has 0 aromatic heterocycles. The second kappa shape index (κ2) is 13.8. The number of amides is 2. The van der Waals surface area contributed by atoms with Gasteiger partial charge in [-0.15, -0.1) is 0 Å². The largest absolute Gasteiger partial charge is 0.352 e. The van der Waals surface area contributed by atoms with Crippen molar-refractivity contribution in [2.45, 2.75) is 59.2 Å². The Morgan fingerprint density at radius 2 is 1.60 bits per heavy atom. The van der Waals surface area contributed by atoms with Gasteiger partial charge in [0.25, 0.3) is 0 Å². The van der Waals surface area contributed by atoms with Crippen LogP contribution < -0.4 is 9.62 Å². The molecule has 0 saturated heterocycles. The van der Waals surface area contributed by atoms with E-state index in [4.69, 9.17) is 11.6 Å². The Kier molecular flexibility index (Phi) is 10.8. The van der Waals surface area contributed by atoms with Gasteiger partial charge in [0, 0.05) is 24.0 Å². The molecule has 0 heterocycles. The Balaban J connectivity index is 2.10. The Morgan fingerprint density at radius 1 is 0.950 bits per heavy atom. The number of carbonyl (C=O) groups is 2. The van der Waals surface area contributed by atoms with Crippen LogP contribution in [0.25, 0.3) is 0 Å². The van der Waals surface area contributed by atoms with E-state index in [2.05, 4.69) is 5.32 Å². The smallest absolute Gasteiger partial charge is 0.244 e. The van der Waals surface area contributed by atoms with Gasteiger partial charge in [-0.3, -0.25) is 13.9 Å². The molecule has 0 spiro atoms. The second-order valence-corrected chi connectivity index (χ2v) is 12.5. The maximum absolute atomic E-state index is 14.2. The maximum atomic E-state index is 14.2. The number of benzene rings is 3. The van der Waals surface area contributed by atoms with Gasteiger partial charge < -0.3 is 10.2 Å². The van der Waals surface area contributed by atoms with Crippen LogP contribution in [0.4, 0.5) is 5.69 Å². The summed E-state index contributed by atoms with van der Waals surface area (Å²) in [6.07, 6.45) is 2.06. The van der Waals surface area contributed by atoms with Crippen LogP contribution in [0.3, 0.4) is 0 Å². The van der Waals surface area contributed by atoms with E-state index in [1.807, 2.05) is 75.4 Å². The van der Waals surface area contributed by atoms with Crippen molar-refractivity contribution in [2.75, 3.05) is 17.1 Å². The molecule has 2 amide bonds. The summed E-state index contributed by atoms with van der Waals surface area (Å²) in [7, 11) is -3.87. The van der Waals surface area contributed by atoms with Gasteiger partial charge >= 0.3 is 0 Å². The van der Waals surface area contributed by atoms with Crippen LogP contribution in [0.5, 0.6) is 0 Å². The molecule has 0 aliphatic carbocycles. The van der Waals surface area contributed by atoms with Crippen LogP contribution in [-0.2, 0) is 32.6 Å². The van der Waals surface area contributed by atoms with Gasteiger partial charge in [0.15, 0.2) is 0 Å². The van der Waals surface area contributed by atoms with E-state index < -0.39 is 28.5 Å².